The van der Waals surface area contributed by atoms with Crippen LogP contribution >= 0.6 is 0 Å². The molecular weight excluding hydrogens is 402 g/mol. The van der Waals surface area contributed by atoms with Crippen molar-refractivity contribution in [3.8, 4) is 11.3 Å². The summed E-state index contributed by atoms with van der Waals surface area (Å²) in [6.45, 7) is 3.64. The number of amides is 1. The summed E-state index contributed by atoms with van der Waals surface area (Å²) >= 11 is 0. The van der Waals surface area contributed by atoms with Crippen LogP contribution in [0, 0.1) is 6.92 Å². The SMILES string of the molecule is Cc1cccc(-c2ocnc2C(=O)Nc2cnn(CCCn3ccc4ccccc43)c2)c1. The lowest BCUT2D eigenvalue weighted by atomic mass is 10.1. The number of nitrogens with zero attached hydrogens (tertiary/aromatic N) is 4. The van der Waals surface area contributed by atoms with Crippen molar-refractivity contribution in [2.24, 2.45) is 0 Å². The van der Waals surface area contributed by atoms with Gasteiger partial charge in [0.15, 0.2) is 17.8 Å². The number of anilines is 1. The summed E-state index contributed by atoms with van der Waals surface area (Å²) in [6, 6.07) is 18.3. The number of aromatic nitrogens is 4. The topological polar surface area (TPSA) is 77.9 Å². The molecule has 0 aliphatic rings. The molecule has 5 aromatic rings. The minimum Gasteiger partial charge on any atom is -0.443 e. The van der Waals surface area contributed by atoms with Gasteiger partial charge in [-0.05, 0) is 36.9 Å². The predicted octanol–water partition coefficient (Wildman–Crippen LogP) is 5.14. The number of para-hydroxylation sites is 1. The second-order valence-corrected chi connectivity index (χ2v) is 7.77. The fourth-order valence-corrected chi connectivity index (χ4v) is 3.88. The minimum atomic E-state index is -0.325. The van der Waals surface area contributed by atoms with Crippen molar-refractivity contribution in [2.45, 2.75) is 26.4 Å². The summed E-state index contributed by atoms with van der Waals surface area (Å²) < 4.78 is 9.58. The van der Waals surface area contributed by atoms with Crippen LogP contribution in [0.3, 0.4) is 0 Å². The highest BCUT2D eigenvalue weighted by molar-refractivity contribution is 6.06. The summed E-state index contributed by atoms with van der Waals surface area (Å²) in [6.07, 6.45) is 7.81. The van der Waals surface area contributed by atoms with Crippen molar-refractivity contribution in [2.75, 3.05) is 5.32 Å². The highest BCUT2D eigenvalue weighted by Gasteiger charge is 2.19. The molecular formula is C25H23N5O2. The molecule has 32 heavy (non-hydrogen) atoms. The molecule has 2 aromatic carbocycles. The molecule has 0 aliphatic carbocycles. The van der Waals surface area contributed by atoms with E-state index in [2.05, 4.69) is 56.5 Å². The molecule has 3 heterocycles. The van der Waals surface area contributed by atoms with Crippen LogP contribution in [-0.2, 0) is 13.1 Å². The Morgan fingerprint density at radius 1 is 1.09 bits per heavy atom. The molecule has 0 atom stereocenters. The summed E-state index contributed by atoms with van der Waals surface area (Å²) in [7, 11) is 0. The van der Waals surface area contributed by atoms with Crippen LogP contribution in [0.2, 0.25) is 0 Å². The second-order valence-electron chi connectivity index (χ2n) is 7.77. The number of rotatable bonds is 7. The standard InChI is InChI=1S/C25H23N5O2/c1-18-6-4-8-20(14-18)24-23(26-17-32-24)25(31)28-21-15-27-30(16-21)12-5-11-29-13-10-19-7-2-3-9-22(19)29/h2-4,6-10,13-17H,5,11-12H2,1H3,(H,28,31). The van der Waals surface area contributed by atoms with E-state index < -0.39 is 0 Å². The lowest BCUT2D eigenvalue weighted by molar-refractivity contribution is 0.102. The molecule has 0 saturated carbocycles. The quantitative estimate of drug-likeness (QED) is 0.391. The number of fused-ring (bicyclic) bond motifs is 1. The lowest BCUT2D eigenvalue weighted by Crippen LogP contribution is -2.13. The monoisotopic (exact) mass is 425 g/mol. The van der Waals surface area contributed by atoms with Crippen LogP contribution in [0.5, 0.6) is 0 Å². The normalized spacial score (nSPS) is 11.2. The third kappa shape index (κ3) is 4.05. The van der Waals surface area contributed by atoms with E-state index >= 15 is 0 Å². The van der Waals surface area contributed by atoms with Crippen molar-refractivity contribution in [3.63, 3.8) is 0 Å². The Balaban J connectivity index is 1.21. The van der Waals surface area contributed by atoms with Gasteiger partial charge in [0.2, 0.25) is 0 Å². The summed E-state index contributed by atoms with van der Waals surface area (Å²) in [5.41, 5.74) is 4.01. The van der Waals surface area contributed by atoms with Crippen LogP contribution in [0.4, 0.5) is 5.69 Å². The second kappa shape index (κ2) is 8.55. The van der Waals surface area contributed by atoms with E-state index in [1.165, 1.54) is 17.3 Å². The first-order valence-corrected chi connectivity index (χ1v) is 10.6. The molecule has 5 rings (SSSR count). The molecule has 160 valence electrons. The Morgan fingerprint density at radius 3 is 2.91 bits per heavy atom. The van der Waals surface area contributed by atoms with Crippen LogP contribution in [0.1, 0.15) is 22.5 Å². The van der Waals surface area contributed by atoms with E-state index in [1.807, 2.05) is 42.1 Å². The van der Waals surface area contributed by atoms with Gasteiger partial charge in [-0.1, -0.05) is 42.0 Å². The number of hydrogen-bond donors (Lipinski definition) is 1. The Morgan fingerprint density at radius 2 is 2.00 bits per heavy atom. The van der Waals surface area contributed by atoms with Crippen molar-refractivity contribution >= 4 is 22.5 Å². The van der Waals surface area contributed by atoms with Gasteiger partial charge in [-0.2, -0.15) is 5.10 Å². The van der Waals surface area contributed by atoms with Crippen LogP contribution in [0.25, 0.3) is 22.2 Å². The zero-order chi connectivity index (χ0) is 21.9. The maximum Gasteiger partial charge on any atom is 0.278 e. The Hall–Kier alpha value is -4.13. The van der Waals surface area contributed by atoms with Crippen LogP contribution < -0.4 is 5.32 Å². The highest BCUT2D eigenvalue weighted by atomic mass is 16.3. The summed E-state index contributed by atoms with van der Waals surface area (Å²) in [5.74, 6) is 0.131. The number of carbonyl (C=O) groups excluding carboxylic acids is 1. The molecule has 3 aromatic heterocycles. The van der Waals surface area contributed by atoms with Gasteiger partial charge < -0.3 is 14.3 Å². The van der Waals surface area contributed by atoms with Gasteiger partial charge >= 0.3 is 0 Å². The zero-order valence-electron chi connectivity index (χ0n) is 17.7. The van der Waals surface area contributed by atoms with Gasteiger partial charge in [0.05, 0.1) is 11.9 Å². The van der Waals surface area contributed by atoms with Gasteiger partial charge in [-0.25, -0.2) is 4.98 Å². The minimum absolute atomic E-state index is 0.253. The average molecular weight is 425 g/mol. The summed E-state index contributed by atoms with van der Waals surface area (Å²) in [5, 5.41) is 8.49. The average Bonchev–Trinajstić information content (AvgIpc) is 3.54. The number of benzene rings is 2. The number of hydrogen-bond acceptors (Lipinski definition) is 4. The predicted molar refractivity (Wildman–Crippen MR) is 123 cm³/mol. The Labute approximate surface area is 185 Å². The largest absolute Gasteiger partial charge is 0.443 e. The number of nitrogens with one attached hydrogen (secondary N) is 1. The van der Waals surface area contributed by atoms with Gasteiger partial charge in [-0.3, -0.25) is 9.48 Å². The molecule has 0 aliphatic heterocycles. The van der Waals surface area contributed by atoms with E-state index in [9.17, 15) is 4.79 Å². The Kier molecular flexibility index (Phi) is 5.29. The fourth-order valence-electron chi connectivity index (χ4n) is 3.88. The van der Waals surface area contributed by atoms with Crippen molar-refractivity contribution in [3.05, 3.63) is 90.8 Å². The number of aryl methyl sites for hydroxylation is 3. The van der Waals surface area contributed by atoms with Crippen LogP contribution in [0.15, 0.2) is 84.0 Å². The molecule has 0 saturated heterocycles. The van der Waals surface area contributed by atoms with Gasteiger partial charge in [-0.15, -0.1) is 0 Å². The molecule has 0 unspecified atom stereocenters. The van der Waals surface area contributed by atoms with E-state index in [0.29, 0.717) is 11.4 Å². The molecule has 1 N–H and O–H groups in total. The lowest BCUT2D eigenvalue weighted by Gasteiger charge is -2.06. The smallest absolute Gasteiger partial charge is 0.278 e. The van der Waals surface area contributed by atoms with Crippen LogP contribution in [-0.4, -0.2) is 25.2 Å². The molecule has 1 amide bonds. The third-order valence-corrected chi connectivity index (χ3v) is 5.42. The Bertz CT molecular complexity index is 1380. The van der Waals surface area contributed by atoms with Gasteiger partial charge in [0, 0.05) is 36.6 Å². The molecule has 7 nitrogen and oxygen atoms in total. The first kappa shape index (κ1) is 19.8. The van der Waals surface area contributed by atoms with E-state index in [0.717, 1.165) is 30.6 Å². The first-order chi connectivity index (χ1) is 15.7. The maximum atomic E-state index is 12.8. The molecule has 0 fully saturated rings. The number of carbonyl (C=O) groups is 1. The fraction of sp³-hybridized carbons (Fsp3) is 0.160. The molecule has 0 spiro atoms. The maximum absolute atomic E-state index is 12.8. The third-order valence-electron chi connectivity index (χ3n) is 5.42. The van der Waals surface area contributed by atoms with E-state index in [1.54, 1.807) is 6.20 Å². The molecule has 7 heteroatoms. The number of oxazole rings is 1. The zero-order valence-corrected chi connectivity index (χ0v) is 17.7. The van der Waals surface area contributed by atoms with Crippen molar-refractivity contribution < 1.29 is 9.21 Å². The highest BCUT2D eigenvalue weighted by Crippen LogP contribution is 2.24. The van der Waals surface area contributed by atoms with Crippen molar-refractivity contribution in [1.29, 1.82) is 0 Å². The van der Waals surface area contributed by atoms with E-state index in [4.69, 9.17) is 4.42 Å². The first-order valence-electron chi connectivity index (χ1n) is 10.6. The van der Waals surface area contributed by atoms with Gasteiger partial charge in [0.25, 0.3) is 5.91 Å². The summed E-state index contributed by atoms with van der Waals surface area (Å²) in [4.78, 5) is 16.9. The van der Waals surface area contributed by atoms with E-state index in [-0.39, 0.29) is 11.6 Å². The van der Waals surface area contributed by atoms with Gasteiger partial charge in [0.1, 0.15) is 0 Å². The molecule has 0 radical (unpaired) electrons. The van der Waals surface area contributed by atoms with Crippen molar-refractivity contribution in [1.82, 2.24) is 19.3 Å². The molecule has 0 bridgehead atoms.